The zero-order valence-electron chi connectivity index (χ0n) is 16.1. The van der Waals surface area contributed by atoms with E-state index in [1.54, 1.807) is 0 Å². The van der Waals surface area contributed by atoms with Crippen molar-refractivity contribution in [2.24, 2.45) is 23.7 Å². The van der Waals surface area contributed by atoms with Crippen LogP contribution in [-0.4, -0.2) is 40.9 Å². The van der Waals surface area contributed by atoms with Gasteiger partial charge in [0, 0.05) is 24.7 Å². The highest BCUT2D eigenvalue weighted by Gasteiger charge is 2.69. The molecule has 8 heteroatoms. The number of carboxylic acids is 1. The van der Waals surface area contributed by atoms with E-state index in [0.717, 1.165) is 25.7 Å². The maximum atomic E-state index is 12.2. The molecule has 5 rings (SSSR count). The molecule has 2 bridgehead atoms. The predicted molar refractivity (Wildman–Crippen MR) is 91.8 cm³/mol. The van der Waals surface area contributed by atoms with Crippen LogP contribution in [0.3, 0.4) is 0 Å². The molecular formula is C19H29NO7. The summed E-state index contributed by atoms with van der Waals surface area (Å²) in [5, 5.41) is 11.6. The van der Waals surface area contributed by atoms with Crippen molar-refractivity contribution in [1.82, 2.24) is 5.32 Å². The second kappa shape index (κ2) is 6.69. The van der Waals surface area contributed by atoms with Gasteiger partial charge in [0.15, 0.2) is 11.9 Å². The number of carbonyl (C=O) groups excluding carboxylic acids is 1. The smallest absolute Gasteiger partial charge is 0.303 e. The fourth-order valence-corrected chi connectivity index (χ4v) is 5.52. The summed E-state index contributed by atoms with van der Waals surface area (Å²) in [5.41, 5.74) is -0.657. The van der Waals surface area contributed by atoms with E-state index in [1.165, 1.54) is 0 Å². The monoisotopic (exact) mass is 383 g/mol. The lowest BCUT2D eigenvalue weighted by Gasteiger charge is -2.60. The van der Waals surface area contributed by atoms with Crippen molar-refractivity contribution in [2.75, 3.05) is 0 Å². The number of nitrogens with one attached hydrogen (secondary N) is 1. The number of carboxylic acid groups (broad SMARTS) is 1. The maximum absolute atomic E-state index is 12.2. The van der Waals surface area contributed by atoms with Gasteiger partial charge in [-0.3, -0.25) is 9.59 Å². The SMILES string of the molecule is CC1CCC2C(C)C(NC(=O)CCC(=O)O)OC3OC4(C)CCC1C32OO4. The first-order valence-electron chi connectivity index (χ1n) is 9.96. The van der Waals surface area contributed by atoms with Gasteiger partial charge in [-0.1, -0.05) is 13.8 Å². The van der Waals surface area contributed by atoms with Gasteiger partial charge in [0.2, 0.25) is 11.7 Å². The Labute approximate surface area is 158 Å². The first-order valence-corrected chi connectivity index (χ1v) is 9.96. The van der Waals surface area contributed by atoms with Crippen LogP contribution in [0.15, 0.2) is 0 Å². The first kappa shape index (κ1) is 19.1. The van der Waals surface area contributed by atoms with Crippen LogP contribution in [0, 0.1) is 23.7 Å². The van der Waals surface area contributed by atoms with Crippen LogP contribution in [0.1, 0.15) is 59.3 Å². The lowest BCUT2D eigenvalue weighted by atomic mass is 9.58. The summed E-state index contributed by atoms with van der Waals surface area (Å²) in [5.74, 6) is -1.28. The zero-order chi connectivity index (χ0) is 19.4. The highest BCUT2D eigenvalue weighted by molar-refractivity contribution is 5.80. The van der Waals surface area contributed by atoms with Gasteiger partial charge in [-0.25, -0.2) is 9.78 Å². The molecule has 5 aliphatic rings. The molecule has 1 spiro atoms. The largest absolute Gasteiger partial charge is 0.481 e. The van der Waals surface area contributed by atoms with Gasteiger partial charge < -0.3 is 19.9 Å². The average Bonchev–Trinajstić information content (AvgIpc) is 2.84. The number of hydrogen-bond donors (Lipinski definition) is 2. The molecule has 1 saturated carbocycles. The van der Waals surface area contributed by atoms with Crippen molar-refractivity contribution in [3.05, 3.63) is 0 Å². The molecule has 8 nitrogen and oxygen atoms in total. The topological polar surface area (TPSA) is 103 Å². The van der Waals surface area contributed by atoms with Gasteiger partial charge in [0.25, 0.3) is 0 Å². The van der Waals surface area contributed by atoms with Crippen LogP contribution in [-0.2, 0) is 28.8 Å². The fourth-order valence-electron chi connectivity index (χ4n) is 5.52. The average molecular weight is 383 g/mol. The molecule has 4 aliphatic heterocycles. The molecule has 0 aromatic rings. The second-order valence-electron chi connectivity index (χ2n) is 8.79. The highest BCUT2D eigenvalue weighted by Crippen LogP contribution is 2.60. The van der Waals surface area contributed by atoms with Crippen LogP contribution in [0.25, 0.3) is 0 Å². The zero-order valence-corrected chi connectivity index (χ0v) is 16.1. The van der Waals surface area contributed by atoms with Crippen LogP contribution in [0.4, 0.5) is 0 Å². The molecule has 2 N–H and O–H groups in total. The van der Waals surface area contributed by atoms with E-state index in [9.17, 15) is 9.59 Å². The second-order valence-corrected chi connectivity index (χ2v) is 8.79. The van der Waals surface area contributed by atoms with Crippen LogP contribution >= 0.6 is 0 Å². The van der Waals surface area contributed by atoms with E-state index in [1.807, 2.05) is 13.8 Å². The van der Waals surface area contributed by atoms with Gasteiger partial charge in [-0.2, -0.15) is 0 Å². The van der Waals surface area contributed by atoms with E-state index in [-0.39, 0.29) is 36.5 Å². The van der Waals surface area contributed by atoms with Crippen LogP contribution in [0.5, 0.6) is 0 Å². The third-order valence-electron chi connectivity index (χ3n) is 7.03. The number of ether oxygens (including phenoxy) is 2. The minimum atomic E-state index is -0.992. The lowest BCUT2D eigenvalue weighted by Crippen LogP contribution is -2.71. The first-order chi connectivity index (χ1) is 12.7. The quantitative estimate of drug-likeness (QED) is 0.717. The van der Waals surface area contributed by atoms with Crippen LogP contribution in [0.2, 0.25) is 0 Å². The number of rotatable bonds is 4. The van der Waals surface area contributed by atoms with Gasteiger partial charge in [0.1, 0.15) is 6.23 Å². The normalized spacial score (nSPS) is 48.4. The van der Waals surface area contributed by atoms with Crippen LogP contribution < -0.4 is 5.32 Å². The molecule has 27 heavy (non-hydrogen) atoms. The van der Waals surface area contributed by atoms with E-state index >= 15 is 0 Å². The molecule has 0 aromatic carbocycles. The summed E-state index contributed by atoms with van der Waals surface area (Å²) in [6, 6.07) is 0. The van der Waals surface area contributed by atoms with Gasteiger partial charge in [-0.15, -0.1) is 0 Å². The van der Waals surface area contributed by atoms with Crippen molar-refractivity contribution in [3.63, 3.8) is 0 Å². The predicted octanol–water partition coefficient (Wildman–Crippen LogP) is 2.18. The number of aliphatic carboxylic acids is 1. The van der Waals surface area contributed by atoms with E-state index in [2.05, 4.69) is 12.2 Å². The highest BCUT2D eigenvalue weighted by atomic mass is 17.3. The Kier molecular flexibility index (Phi) is 4.73. The Balaban J connectivity index is 1.58. The fraction of sp³-hybridized carbons (Fsp3) is 0.895. The summed E-state index contributed by atoms with van der Waals surface area (Å²) >= 11 is 0. The Hall–Kier alpha value is -1.22. The summed E-state index contributed by atoms with van der Waals surface area (Å²) in [6.07, 6.45) is 2.31. The van der Waals surface area contributed by atoms with Gasteiger partial charge in [0.05, 0.1) is 6.42 Å². The number of carbonyl (C=O) groups is 2. The Morgan fingerprint density at radius 3 is 2.63 bits per heavy atom. The Morgan fingerprint density at radius 1 is 1.11 bits per heavy atom. The standard InChI is InChI=1S/C19H29NO7/c1-10-4-5-13-11(2)16(20-14(21)6-7-15(22)23)24-17-19(13)12(10)8-9-18(3,25-17)26-27-19/h10-13,16-17H,4-9H2,1-3H3,(H,20,21)(H,22,23). The minimum absolute atomic E-state index is 0.000292. The van der Waals surface area contributed by atoms with Crippen molar-refractivity contribution in [3.8, 4) is 0 Å². The van der Waals surface area contributed by atoms with Crippen molar-refractivity contribution in [1.29, 1.82) is 0 Å². The van der Waals surface area contributed by atoms with E-state index < -0.39 is 29.9 Å². The molecular weight excluding hydrogens is 354 g/mol. The molecule has 4 heterocycles. The molecule has 1 aliphatic carbocycles. The number of amides is 1. The Bertz CT molecular complexity index is 627. The summed E-state index contributed by atoms with van der Waals surface area (Å²) in [7, 11) is 0. The van der Waals surface area contributed by atoms with Crippen molar-refractivity contribution < 1.29 is 33.9 Å². The third kappa shape index (κ3) is 3.06. The Morgan fingerprint density at radius 2 is 1.89 bits per heavy atom. The summed E-state index contributed by atoms with van der Waals surface area (Å²) in [6.45, 7) is 6.16. The summed E-state index contributed by atoms with van der Waals surface area (Å²) < 4.78 is 12.4. The number of hydrogen-bond acceptors (Lipinski definition) is 6. The van der Waals surface area contributed by atoms with Gasteiger partial charge >= 0.3 is 5.97 Å². The molecule has 5 fully saturated rings. The molecule has 152 valence electrons. The minimum Gasteiger partial charge on any atom is -0.481 e. The van der Waals surface area contributed by atoms with Crippen molar-refractivity contribution >= 4 is 11.9 Å². The molecule has 8 atom stereocenters. The number of fused-ring (bicyclic) bond motifs is 2. The summed E-state index contributed by atoms with van der Waals surface area (Å²) in [4.78, 5) is 34.7. The molecule has 8 unspecified atom stereocenters. The lowest BCUT2D eigenvalue weighted by molar-refractivity contribution is -0.571. The molecule has 1 amide bonds. The molecule has 4 saturated heterocycles. The van der Waals surface area contributed by atoms with Crippen molar-refractivity contribution in [2.45, 2.75) is 83.2 Å². The van der Waals surface area contributed by atoms with E-state index in [4.69, 9.17) is 24.4 Å². The van der Waals surface area contributed by atoms with E-state index in [0.29, 0.717) is 5.92 Å². The van der Waals surface area contributed by atoms with Gasteiger partial charge in [-0.05, 0) is 38.0 Å². The molecule has 0 aromatic heterocycles. The third-order valence-corrected chi connectivity index (χ3v) is 7.03. The maximum Gasteiger partial charge on any atom is 0.303 e. The molecule has 0 radical (unpaired) electrons.